The molecular formula is C19H31IN4O2. The summed E-state index contributed by atoms with van der Waals surface area (Å²) in [4.78, 5) is 18.2. The van der Waals surface area contributed by atoms with E-state index < -0.39 is 0 Å². The van der Waals surface area contributed by atoms with Gasteiger partial charge in [-0.1, -0.05) is 30.3 Å². The van der Waals surface area contributed by atoms with Gasteiger partial charge in [0.1, 0.15) is 0 Å². The minimum absolute atomic E-state index is 0. The summed E-state index contributed by atoms with van der Waals surface area (Å²) in [6.45, 7) is 2.51. The number of halogens is 1. The fourth-order valence-electron chi connectivity index (χ4n) is 3.23. The SMILES string of the molecule is CN=C(NCC(OC)c1ccccc1)N1CCC(CC(=O)NC)CC1.I. The van der Waals surface area contributed by atoms with Crippen molar-refractivity contribution in [2.75, 3.05) is 40.8 Å². The second kappa shape index (κ2) is 12.1. The molecule has 1 aromatic rings. The van der Waals surface area contributed by atoms with Gasteiger partial charge in [0.25, 0.3) is 0 Å². The van der Waals surface area contributed by atoms with Crippen molar-refractivity contribution in [2.24, 2.45) is 10.9 Å². The smallest absolute Gasteiger partial charge is 0.220 e. The molecule has 1 aromatic carbocycles. The second-order valence-corrected chi connectivity index (χ2v) is 6.37. The number of nitrogens with one attached hydrogen (secondary N) is 2. The van der Waals surface area contributed by atoms with Crippen molar-refractivity contribution >= 4 is 35.8 Å². The molecule has 0 aliphatic carbocycles. The molecule has 1 amide bonds. The van der Waals surface area contributed by atoms with Gasteiger partial charge in [-0.15, -0.1) is 24.0 Å². The largest absolute Gasteiger partial charge is 0.375 e. The van der Waals surface area contributed by atoms with Crippen LogP contribution < -0.4 is 10.6 Å². The topological polar surface area (TPSA) is 66.0 Å². The van der Waals surface area contributed by atoms with Crippen LogP contribution in [0.25, 0.3) is 0 Å². The van der Waals surface area contributed by atoms with Crippen LogP contribution >= 0.6 is 24.0 Å². The van der Waals surface area contributed by atoms with E-state index in [9.17, 15) is 4.79 Å². The van der Waals surface area contributed by atoms with Crippen LogP contribution in [-0.4, -0.2) is 57.6 Å². The Balaban J connectivity index is 0.00000338. The quantitative estimate of drug-likeness (QED) is 0.378. The van der Waals surface area contributed by atoms with Gasteiger partial charge in [-0.25, -0.2) is 0 Å². The monoisotopic (exact) mass is 474 g/mol. The summed E-state index contributed by atoms with van der Waals surface area (Å²) >= 11 is 0. The molecule has 1 unspecified atom stereocenters. The molecule has 0 aromatic heterocycles. The predicted octanol–water partition coefficient (Wildman–Crippen LogP) is 2.42. The van der Waals surface area contributed by atoms with Crippen molar-refractivity contribution in [3.05, 3.63) is 35.9 Å². The van der Waals surface area contributed by atoms with Gasteiger partial charge in [0, 0.05) is 47.3 Å². The molecule has 0 spiro atoms. The molecule has 0 bridgehead atoms. The number of amides is 1. The Morgan fingerprint density at radius 1 is 1.31 bits per heavy atom. The number of hydrogen-bond donors (Lipinski definition) is 2. The summed E-state index contributed by atoms with van der Waals surface area (Å²) in [5.74, 6) is 1.49. The van der Waals surface area contributed by atoms with Crippen LogP contribution in [0.3, 0.4) is 0 Å². The van der Waals surface area contributed by atoms with Gasteiger partial charge >= 0.3 is 0 Å². The predicted molar refractivity (Wildman–Crippen MR) is 116 cm³/mol. The van der Waals surface area contributed by atoms with E-state index >= 15 is 0 Å². The lowest BCUT2D eigenvalue weighted by Gasteiger charge is -2.34. The Morgan fingerprint density at radius 2 is 1.96 bits per heavy atom. The third kappa shape index (κ3) is 6.75. The second-order valence-electron chi connectivity index (χ2n) is 6.37. The molecule has 1 heterocycles. The Morgan fingerprint density at radius 3 is 2.50 bits per heavy atom. The Bertz CT molecular complexity index is 560. The number of ether oxygens (including phenoxy) is 1. The van der Waals surface area contributed by atoms with Gasteiger partial charge in [-0.3, -0.25) is 9.79 Å². The normalized spacial score (nSPS) is 16.6. The average Bonchev–Trinajstić information content (AvgIpc) is 2.67. The van der Waals surface area contributed by atoms with Gasteiger partial charge in [0.2, 0.25) is 5.91 Å². The van der Waals surface area contributed by atoms with E-state index in [2.05, 4.69) is 32.7 Å². The van der Waals surface area contributed by atoms with Crippen LogP contribution in [0.2, 0.25) is 0 Å². The number of piperidine rings is 1. The van der Waals surface area contributed by atoms with Crippen LogP contribution in [0.5, 0.6) is 0 Å². The molecule has 1 aliphatic heterocycles. The zero-order valence-electron chi connectivity index (χ0n) is 15.9. The number of rotatable bonds is 6. The van der Waals surface area contributed by atoms with Gasteiger partial charge in [-0.05, 0) is 24.3 Å². The molecule has 1 fully saturated rings. The maximum Gasteiger partial charge on any atom is 0.220 e. The van der Waals surface area contributed by atoms with Crippen molar-refractivity contribution in [3.63, 3.8) is 0 Å². The molecule has 6 nitrogen and oxygen atoms in total. The first-order valence-electron chi connectivity index (χ1n) is 8.91. The fourth-order valence-corrected chi connectivity index (χ4v) is 3.23. The van der Waals surface area contributed by atoms with E-state index in [0.717, 1.165) is 37.5 Å². The first kappa shape index (κ1) is 22.7. The molecule has 26 heavy (non-hydrogen) atoms. The number of carbonyl (C=O) groups excluding carboxylic acids is 1. The van der Waals surface area contributed by atoms with Gasteiger partial charge in [-0.2, -0.15) is 0 Å². The van der Waals surface area contributed by atoms with E-state index in [1.807, 2.05) is 25.2 Å². The fraction of sp³-hybridized carbons (Fsp3) is 0.579. The molecule has 2 N–H and O–H groups in total. The van der Waals surface area contributed by atoms with Gasteiger partial charge in [0.05, 0.1) is 6.10 Å². The molecule has 1 saturated heterocycles. The standard InChI is InChI=1S/C19H30N4O2.HI/c1-20-18(24)13-15-9-11-23(12-10-15)19(21-2)22-14-17(25-3)16-7-5-4-6-8-16;/h4-8,15,17H,9-14H2,1-3H3,(H,20,24)(H,21,22);1H. The highest BCUT2D eigenvalue weighted by atomic mass is 127. The number of likely N-dealkylation sites (tertiary alicyclic amines) is 1. The van der Waals surface area contributed by atoms with Gasteiger partial charge < -0.3 is 20.3 Å². The lowest BCUT2D eigenvalue weighted by atomic mass is 9.93. The number of carbonyl (C=O) groups is 1. The third-order valence-electron chi connectivity index (χ3n) is 4.78. The molecule has 1 atom stereocenters. The number of benzene rings is 1. The minimum Gasteiger partial charge on any atom is -0.375 e. The van der Waals surface area contributed by atoms with E-state index in [4.69, 9.17) is 4.74 Å². The van der Waals surface area contributed by atoms with Crippen LogP contribution in [0.1, 0.15) is 30.9 Å². The summed E-state index contributed by atoms with van der Waals surface area (Å²) in [5.41, 5.74) is 1.15. The first-order valence-corrected chi connectivity index (χ1v) is 8.91. The van der Waals surface area contributed by atoms with Crippen molar-refractivity contribution in [3.8, 4) is 0 Å². The number of guanidine groups is 1. The number of aliphatic imine (C=N–C) groups is 1. The highest BCUT2D eigenvalue weighted by Crippen LogP contribution is 2.21. The molecular weight excluding hydrogens is 443 g/mol. The maximum absolute atomic E-state index is 11.5. The third-order valence-corrected chi connectivity index (χ3v) is 4.78. The zero-order valence-corrected chi connectivity index (χ0v) is 18.2. The van der Waals surface area contributed by atoms with Crippen LogP contribution in [0, 0.1) is 5.92 Å². The number of nitrogens with zero attached hydrogens (tertiary/aromatic N) is 2. The lowest BCUT2D eigenvalue weighted by Crippen LogP contribution is -2.47. The molecule has 0 radical (unpaired) electrons. The van der Waals surface area contributed by atoms with Crippen molar-refractivity contribution in [2.45, 2.75) is 25.4 Å². The molecule has 2 rings (SSSR count). The molecule has 7 heteroatoms. The molecule has 1 aliphatic rings. The van der Waals surface area contributed by atoms with E-state index in [0.29, 0.717) is 18.9 Å². The van der Waals surface area contributed by atoms with Crippen LogP contribution in [0.15, 0.2) is 35.3 Å². The van der Waals surface area contributed by atoms with Crippen molar-refractivity contribution in [1.29, 1.82) is 0 Å². The Hall–Kier alpha value is -1.35. The summed E-state index contributed by atoms with van der Waals surface area (Å²) in [5, 5.41) is 6.14. The highest BCUT2D eigenvalue weighted by Gasteiger charge is 2.23. The Labute approximate surface area is 173 Å². The lowest BCUT2D eigenvalue weighted by molar-refractivity contribution is -0.121. The van der Waals surface area contributed by atoms with Crippen LogP contribution in [0.4, 0.5) is 0 Å². The number of hydrogen-bond acceptors (Lipinski definition) is 3. The number of methoxy groups -OCH3 is 1. The zero-order chi connectivity index (χ0) is 18.1. The summed E-state index contributed by atoms with van der Waals surface area (Å²) < 4.78 is 5.61. The molecule has 146 valence electrons. The van der Waals surface area contributed by atoms with E-state index in [1.54, 1.807) is 14.2 Å². The summed E-state index contributed by atoms with van der Waals surface area (Å²) in [6.07, 6.45) is 2.64. The van der Waals surface area contributed by atoms with Gasteiger partial charge in [0.15, 0.2) is 5.96 Å². The van der Waals surface area contributed by atoms with Crippen LogP contribution in [-0.2, 0) is 9.53 Å². The van der Waals surface area contributed by atoms with Crippen molar-refractivity contribution < 1.29 is 9.53 Å². The first-order chi connectivity index (χ1) is 12.2. The minimum atomic E-state index is -0.0104. The van der Waals surface area contributed by atoms with E-state index in [-0.39, 0.29) is 36.0 Å². The maximum atomic E-state index is 11.5. The molecule has 0 saturated carbocycles. The average molecular weight is 474 g/mol. The highest BCUT2D eigenvalue weighted by molar-refractivity contribution is 14.0. The summed E-state index contributed by atoms with van der Waals surface area (Å²) in [7, 11) is 5.23. The Kier molecular flexibility index (Phi) is 10.6. The summed E-state index contributed by atoms with van der Waals surface area (Å²) in [6, 6.07) is 10.2. The van der Waals surface area contributed by atoms with Crippen molar-refractivity contribution in [1.82, 2.24) is 15.5 Å². The van der Waals surface area contributed by atoms with E-state index in [1.165, 1.54) is 0 Å².